The quantitative estimate of drug-likeness (QED) is 0.664. The molecule has 0 aliphatic rings. The van der Waals surface area contributed by atoms with E-state index in [4.69, 9.17) is 14.2 Å². The second-order valence-electron chi connectivity index (χ2n) is 6.77. The molecule has 7 heteroatoms. The Labute approximate surface area is 171 Å². The monoisotopic (exact) mass is 400 g/mol. The van der Waals surface area contributed by atoms with E-state index in [1.165, 1.54) is 7.11 Å². The van der Waals surface area contributed by atoms with E-state index in [0.29, 0.717) is 35.3 Å². The molecule has 0 saturated heterocycles. The lowest BCUT2D eigenvalue weighted by Gasteiger charge is -2.13. The fourth-order valence-corrected chi connectivity index (χ4v) is 2.59. The Bertz CT molecular complexity index is 864. The van der Waals surface area contributed by atoms with Crippen molar-refractivity contribution in [2.24, 2.45) is 0 Å². The summed E-state index contributed by atoms with van der Waals surface area (Å²) >= 11 is 0. The summed E-state index contributed by atoms with van der Waals surface area (Å²) in [5.41, 5.74) is 7.11. The maximum atomic E-state index is 12.3. The van der Waals surface area contributed by atoms with Crippen LogP contribution >= 0.6 is 0 Å². The van der Waals surface area contributed by atoms with E-state index in [-0.39, 0.29) is 6.61 Å². The van der Waals surface area contributed by atoms with E-state index < -0.39 is 11.8 Å². The summed E-state index contributed by atoms with van der Waals surface area (Å²) in [7, 11) is 1.49. The molecule has 0 atom stereocenters. The van der Waals surface area contributed by atoms with Crippen LogP contribution in [0.5, 0.6) is 17.2 Å². The van der Waals surface area contributed by atoms with Gasteiger partial charge in [-0.25, -0.2) is 0 Å². The van der Waals surface area contributed by atoms with Crippen molar-refractivity contribution in [3.63, 3.8) is 0 Å². The van der Waals surface area contributed by atoms with E-state index >= 15 is 0 Å². The van der Waals surface area contributed by atoms with Crippen LogP contribution in [0.2, 0.25) is 0 Å². The molecule has 0 aromatic heterocycles. The van der Waals surface area contributed by atoms with E-state index in [9.17, 15) is 9.59 Å². The summed E-state index contributed by atoms with van der Waals surface area (Å²) in [5.74, 6) is 1.05. The van der Waals surface area contributed by atoms with Gasteiger partial charge in [-0.2, -0.15) is 0 Å². The lowest BCUT2D eigenvalue weighted by Crippen LogP contribution is -2.43. The smallest absolute Gasteiger partial charge is 0.276 e. The number of amides is 2. The van der Waals surface area contributed by atoms with Gasteiger partial charge in [0, 0.05) is 5.56 Å². The molecule has 0 radical (unpaired) electrons. The molecule has 0 aliphatic carbocycles. The van der Waals surface area contributed by atoms with Gasteiger partial charge in [-0.1, -0.05) is 26.0 Å². The summed E-state index contributed by atoms with van der Waals surface area (Å²) < 4.78 is 16.3. The van der Waals surface area contributed by atoms with Gasteiger partial charge in [-0.3, -0.25) is 20.4 Å². The van der Waals surface area contributed by atoms with Gasteiger partial charge in [0.05, 0.1) is 13.7 Å². The second-order valence-corrected chi connectivity index (χ2v) is 6.77. The highest BCUT2D eigenvalue weighted by Crippen LogP contribution is 2.28. The van der Waals surface area contributed by atoms with E-state index in [1.54, 1.807) is 18.2 Å². The fourth-order valence-electron chi connectivity index (χ4n) is 2.59. The minimum Gasteiger partial charge on any atom is -0.493 e. The van der Waals surface area contributed by atoms with Crippen molar-refractivity contribution in [3.8, 4) is 17.2 Å². The summed E-state index contributed by atoms with van der Waals surface area (Å²) in [4.78, 5) is 24.3. The molecule has 156 valence electrons. The van der Waals surface area contributed by atoms with Crippen molar-refractivity contribution in [2.75, 3.05) is 20.3 Å². The summed E-state index contributed by atoms with van der Waals surface area (Å²) in [6, 6.07) is 10.7. The van der Waals surface area contributed by atoms with Crippen molar-refractivity contribution < 1.29 is 23.8 Å². The first-order chi connectivity index (χ1) is 13.8. The van der Waals surface area contributed by atoms with Crippen molar-refractivity contribution in [2.45, 2.75) is 33.6 Å². The minimum absolute atomic E-state index is 0.213. The van der Waals surface area contributed by atoms with Crippen molar-refractivity contribution in [1.29, 1.82) is 0 Å². The number of carbonyl (C=O) groups excluding carboxylic acids is 2. The van der Waals surface area contributed by atoms with E-state index in [2.05, 4.69) is 24.7 Å². The van der Waals surface area contributed by atoms with Crippen LogP contribution in [-0.2, 0) is 4.79 Å². The number of hydrogen-bond acceptors (Lipinski definition) is 5. The molecule has 29 heavy (non-hydrogen) atoms. The number of rotatable bonds is 8. The predicted octanol–water partition coefficient (Wildman–Crippen LogP) is 3.37. The summed E-state index contributed by atoms with van der Waals surface area (Å²) in [6.07, 6.45) is 0. The molecular weight excluding hydrogens is 372 g/mol. The van der Waals surface area contributed by atoms with Gasteiger partial charge in [-0.15, -0.1) is 0 Å². The Morgan fingerprint density at radius 2 is 1.72 bits per heavy atom. The van der Waals surface area contributed by atoms with Crippen LogP contribution in [0.3, 0.4) is 0 Å². The number of carbonyl (C=O) groups is 2. The van der Waals surface area contributed by atoms with Crippen LogP contribution < -0.4 is 25.1 Å². The average molecular weight is 400 g/mol. The Morgan fingerprint density at radius 1 is 0.966 bits per heavy atom. The number of ether oxygens (including phenoxy) is 3. The molecule has 2 N–H and O–H groups in total. The zero-order valence-corrected chi connectivity index (χ0v) is 17.5. The highest BCUT2D eigenvalue weighted by Gasteiger charge is 2.13. The molecular formula is C22H28N2O5. The van der Waals surface area contributed by atoms with Crippen LogP contribution in [0.1, 0.15) is 48.2 Å². The molecule has 2 rings (SSSR count). The van der Waals surface area contributed by atoms with Gasteiger partial charge < -0.3 is 14.2 Å². The van der Waals surface area contributed by atoms with E-state index in [0.717, 1.165) is 11.1 Å². The molecule has 0 heterocycles. The van der Waals surface area contributed by atoms with Crippen molar-refractivity contribution in [1.82, 2.24) is 10.9 Å². The van der Waals surface area contributed by atoms with Crippen LogP contribution in [0.4, 0.5) is 0 Å². The number of hydrazine groups is 1. The zero-order valence-electron chi connectivity index (χ0n) is 17.5. The lowest BCUT2D eigenvalue weighted by atomic mass is 10.0. The maximum Gasteiger partial charge on any atom is 0.276 e. The Balaban J connectivity index is 1.91. The standard InChI is InChI=1S/C22H28N2O5/c1-6-28-18-10-9-17(12-20(18)27-5)22(26)24-23-21(25)13-29-19-11-16(14(2)3)8-7-15(19)4/h7-12,14H,6,13H2,1-5H3,(H,23,25)(H,24,26). The molecule has 0 bridgehead atoms. The topological polar surface area (TPSA) is 85.9 Å². The lowest BCUT2D eigenvalue weighted by molar-refractivity contribution is -0.123. The second kappa shape index (κ2) is 10.4. The van der Waals surface area contributed by atoms with Gasteiger partial charge in [-0.05, 0) is 55.2 Å². The van der Waals surface area contributed by atoms with Gasteiger partial charge in [0.25, 0.3) is 11.8 Å². The molecule has 0 aliphatic heterocycles. The number of methoxy groups -OCH3 is 1. The summed E-state index contributed by atoms with van der Waals surface area (Å²) in [5, 5.41) is 0. The third-order valence-corrected chi connectivity index (χ3v) is 4.28. The first-order valence-corrected chi connectivity index (χ1v) is 9.49. The molecule has 0 fully saturated rings. The van der Waals surface area contributed by atoms with Crippen LogP contribution in [0.15, 0.2) is 36.4 Å². The third kappa shape index (κ3) is 6.14. The molecule has 2 amide bonds. The molecule has 2 aromatic carbocycles. The first kappa shape index (κ1) is 22.1. The fraction of sp³-hybridized carbons (Fsp3) is 0.364. The number of benzene rings is 2. The SMILES string of the molecule is CCOc1ccc(C(=O)NNC(=O)COc2cc(C(C)C)ccc2C)cc1OC. The number of hydrogen-bond donors (Lipinski definition) is 2. The highest BCUT2D eigenvalue weighted by atomic mass is 16.5. The zero-order chi connectivity index (χ0) is 21.4. The normalized spacial score (nSPS) is 10.4. The van der Waals surface area contributed by atoms with E-state index in [1.807, 2.05) is 32.0 Å². The molecule has 0 spiro atoms. The van der Waals surface area contributed by atoms with Crippen LogP contribution in [-0.4, -0.2) is 32.1 Å². The van der Waals surface area contributed by atoms with Crippen molar-refractivity contribution >= 4 is 11.8 Å². The third-order valence-electron chi connectivity index (χ3n) is 4.28. The number of nitrogens with one attached hydrogen (secondary N) is 2. The number of aryl methyl sites for hydroxylation is 1. The van der Waals surface area contributed by atoms with Gasteiger partial charge in [0.15, 0.2) is 18.1 Å². The Kier molecular flexibility index (Phi) is 7.88. The first-order valence-electron chi connectivity index (χ1n) is 9.49. The van der Waals surface area contributed by atoms with Crippen LogP contribution in [0.25, 0.3) is 0 Å². The molecule has 0 unspecified atom stereocenters. The minimum atomic E-state index is -0.474. The summed E-state index contributed by atoms with van der Waals surface area (Å²) in [6.45, 7) is 8.22. The molecule has 0 saturated carbocycles. The van der Waals surface area contributed by atoms with Crippen molar-refractivity contribution in [3.05, 3.63) is 53.1 Å². The predicted molar refractivity (Wildman–Crippen MR) is 111 cm³/mol. The average Bonchev–Trinajstić information content (AvgIpc) is 2.71. The van der Waals surface area contributed by atoms with Gasteiger partial charge in [0.1, 0.15) is 5.75 Å². The van der Waals surface area contributed by atoms with Crippen LogP contribution in [0, 0.1) is 6.92 Å². The largest absolute Gasteiger partial charge is 0.493 e. The highest BCUT2D eigenvalue weighted by molar-refractivity contribution is 5.96. The molecule has 2 aromatic rings. The maximum absolute atomic E-state index is 12.3. The van der Waals surface area contributed by atoms with Gasteiger partial charge >= 0.3 is 0 Å². The molecule has 7 nitrogen and oxygen atoms in total. The Morgan fingerprint density at radius 3 is 2.38 bits per heavy atom. The van der Waals surface area contributed by atoms with Gasteiger partial charge in [0.2, 0.25) is 0 Å². The Hall–Kier alpha value is -3.22.